The second kappa shape index (κ2) is 7.79. The van der Waals surface area contributed by atoms with Crippen LogP contribution in [0.3, 0.4) is 0 Å². The van der Waals surface area contributed by atoms with Gasteiger partial charge < -0.3 is 10.0 Å². The number of unbranched alkanes of at least 4 members (excludes halogenated alkanes) is 2. The average Bonchev–Trinajstić information content (AvgIpc) is 2.37. The number of carbonyl (C=O) groups is 1. The first-order valence-corrected chi connectivity index (χ1v) is 7.77. The molecule has 1 N–H and O–H groups in total. The SMILES string of the molecule is CN(CCCCCBr)C(=O)c1ccc(Br)c(O)c1. The molecule has 0 saturated heterocycles. The lowest BCUT2D eigenvalue weighted by atomic mass is 10.2. The van der Waals surface area contributed by atoms with Crippen LogP contribution < -0.4 is 0 Å². The molecule has 1 rings (SSSR count). The number of phenols is 1. The van der Waals surface area contributed by atoms with Gasteiger partial charge >= 0.3 is 0 Å². The molecule has 18 heavy (non-hydrogen) atoms. The highest BCUT2D eigenvalue weighted by Gasteiger charge is 2.12. The Morgan fingerprint density at radius 3 is 2.67 bits per heavy atom. The summed E-state index contributed by atoms with van der Waals surface area (Å²) in [6, 6.07) is 4.88. The molecule has 3 nitrogen and oxygen atoms in total. The summed E-state index contributed by atoms with van der Waals surface area (Å²) in [5, 5.41) is 10.6. The number of aromatic hydroxyl groups is 1. The molecule has 0 radical (unpaired) electrons. The number of halogens is 2. The van der Waals surface area contributed by atoms with Crippen molar-refractivity contribution in [1.82, 2.24) is 4.90 Å². The quantitative estimate of drug-likeness (QED) is 0.604. The van der Waals surface area contributed by atoms with Crippen LogP contribution in [0.1, 0.15) is 29.6 Å². The van der Waals surface area contributed by atoms with E-state index in [0.29, 0.717) is 10.0 Å². The number of nitrogens with zero attached hydrogens (tertiary/aromatic N) is 1. The van der Waals surface area contributed by atoms with Gasteiger partial charge in [0.15, 0.2) is 0 Å². The first-order valence-electron chi connectivity index (χ1n) is 5.86. The van der Waals surface area contributed by atoms with Crippen LogP contribution in [0.15, 0.2) is 22.7 Å². The monoisotopic (exact) mass is 377 g/mol. The molecule has 1 aromatic rings. The Bertz CT molecular complexity index is 410. The number of phenolic OH excluding ortho intramolecular Hbond substituents is 1. The molecule has 1 aromatic carbocycles. The predicted molar refractivity (Wildman–Crippen MR) is 80.4 cm³/mol. The van der Waals surface area contributed by atoms with Crippen molar-refractivity contribution in [3.8, 4) is 5.75 Å². The second-order valence-corrected chi connectivity index (χ2v) is 5.79. The number of benzene rings is 1. The van der Waals surface area contributed by atoms with Crippen molar-refractivity contribution in [2.75, 3.05) is 18.9 Å². The molecule has 0 fully saturated rings. The number of amides is 1. The van der Waals surface area contributed by atoms with Gasteiger partial charge in [-0.2, -0.15) is 0 Å². The van der Waals surface area contributed by atoms with E-state index in [1.54, 1.807) is 24.1 Å². The van der Waals surface area contributed by atoms with Crippen LogP contribution >= 0.6 is 31.9 Å². The van der Waals surface area contributed by atoms with Crippen molar-refractivity contribution >= 4 is 37.8 Å². The van der Waals surface area contributed by atoms with Crippen LogP contribution in [0.5, 0.6) is 5.75 Å². The Hall–Kier alpha value is -0.550. The van der Waals surface area contributed by atoms with Gasteiger partial charge in [-0.25, -0.2) is 0 Å². The van der Waals surface area contributed by atoms with Gasteiger partial charge in [0.05, 0.1) is 4.47 Å². The summed E-state index contributed by atoms with van der Waals surface area (Å²) in [6.45, 7) is 0.739. The van der Waals surface area contributed by atoms with Gasteiger partial charge in [0.1, 0.15) is 5.75 Å². The lowest BCUT2D eigenvalue weighted by Crippen LogP contribution is -2.27. The van der Waals surface area contributed by atoms with E-state index < -0.39 is 0 Å². The van der Waals surface area contributed by atoms with E-state index in [4.69, 9.17) is 0 Å². The first kappa shape index (κ1) is 15.5. The fraction of sp³-hybridized carbons (Fsp3) is 0.462. The van der Waals surface area contributed by atoms with Crippen LogP contribution in [0, 0.1) is 0 Å². The van der Waals surface area contributed by atoms with E-state index in [2.05, 4.69) is 31.9 Å². The van der Waals surface area contributed by atoms with Gasteiger partial charge in [-0.3, -0.25) is 4.79 Å². The van der Waals surface area contributed by atoms with Crippen LogP contribution in [0.4, 0.5) is 0 Å². The summed E-state index contributed by atoms with van der Waals surface area (Å²) >= 11 is 6.58. The third kappa shape index (κ3) is 4.61. The Morgan fingerprint density at radius 2 is 2.06 bits per heavy atom. The minimum atomic E-state index is -0.0587. The topological polar surface area (TPSA) is 40.5 Å². The van der Waals surface area contributed by atoms with Crippen molar-refractivity contribution in [3.05, 3.63) is 28.2 Å². The number of alkyl halides is 1. The van der Waals surface area contributed by atoms with Crippen LogP contribution in [-0.4, -0.2) is 34.8 Å². The molecule has 0 aliphatic heterocycles. The van der Waals surface area contributed by atoms with Gasteiger partial charge in [-0.1, -0.05) is 22.4 Å². The molecule has 100 valence electrons. The van der Waals surface area contributed by atoms with Crippen LogP contribution in [0.2, 0.25) is 0 Å². The molecule has 0 aliphatic carbocycles. The number of rotatable bonds is 6. The van der Waals surface area contributed by atoms with E-state index in [0.717, 1.165) is 31.1 Å². The zero-order valence-electron chi connectivity index (χ0n) is 10.3. The molecular formula is C13H17Br2NO2. The summed E-state index contributed by atoms with van der Waals surface area (Å²) in [5.41, 5.74) is 0.513. The minimum Gasteiger partial charge on any atom is -0.507 e. The average molecular weight is 379 g/mol. The summed E-state index contributed by atoms with van der Waals surface area (Å²) in [5.74, 6) is 0.0326. The van der Waals surface area contributed by atoms with Gasteiger partial charge in [0, 0.05) is 24.5 Å². The van der Waals surface area contributed by atoms with E-state index in [1.807, 2.05) is 0 Å². The van der Waals surface area contributed by atoms with Crippen molar-refractivity contribution < 1.29 is 9.90 Å². The molecule has 1 amide bonds. The predicted octanol–water partition coefficient (Wildman–Crippen LogP) is 3.79. The lowest BCUT2D eigenvalue weighted by Gasteiger charge is -2.17. The summed E-state index contributed by atoms with van der Waals surface area (Å²) in [4.78, 5) is 13.8. The highest BCUT2D eigenvalue weighted by atomic mass is 79.9. The van der Waals surface area contributed by atoms with Gasteiger partial charge in [-0.05, 0) is 47.0 Å². The van der Waals surface area contributed by atoms with E-state index in [-0.39, 0.29) is 11.7 Å². The Labute approximate surface area is 124 Å². The van der Waals surface area contributed by atoms with Gasteiger partial charge in [0.25, 0.3) is 5.91 Å². The van der Waals surface area contributed by atoms with Crippen molar-refractivity contribution in [3.63, 3.8) is 0 Å². The fourth-order valence-electron chi connectivity index (χ4n) is 1.59. The smallest absolute Gasteiger partial charge is 0.253 e. The third-order valence-electron chi connectivity index (χ3n) is 2.67. The molecule has 0 aliphatic rings. The molecule has 0 aromatic heterocycles. The zero-order chi connectivity index (χ0) is 13.5. The minimum absolute atomic E-state index is 0.0587. The van der Waals surface area contributed by atoms with Crippen LogP contribution in [-0.2, 0) is 0 Å². The largest absolute Gasteiger partial charge is 0.507 e. The highest BCUT2D eigenvalue weighted by Crippen LogP contribution is 2.24. The summed E-state index contributed by atoms with van der Waals surface area (Å²) in [6.07, 6.45) is 3.23. The maximum atomic E-state index is 12.1. The van der Waals surface area contributed by atoms with E-state index in [1.165, 1.54) is 6.07 Å². The highest BCUT2D eigenvalue weighted by molar-refractivity contribution is 9.10. The number of carbonyl (C=O) groups excluding carboxylic acids is 1. The first-order chi connectivity index (χ1) is 8.56. The van der Waals surface area contributed by atoms with E-state index >= 15 is 0 Å². The normalized spacial score (nSPS) is 10.4. The standard InChI is InChI=1S/C13H17Br2NO2/c1-16(8-4-2-3-7-14)13(18)10-5-6-11(15)12(17)9-10/h5-6,9,17H,2-4,7-8H2,1H3. The van der Waals surface area contributed by atoms with Crippen molar-refractivity contribution in [1.29, 1.82) is 0 Å². The van der Waals surface area contributed by atoms with Crippen molar-refractivity contribution in [2.45, 2.75) is 19.3 Å². The molecule has 0 saturated carbocycles. The molecular weight excluding hydrogens is 362 g/mol. The van der Waals surface area contributed by atoms with E-state index in [9.17, 15) is 9.90 Å². The lowest BCUT2D eigenvalue weighted by molar-refractivity contribution is 0.0792. The molecule has 0 heterocycles. The summed E-state index contributed by atoms with van der Waals surface area (Å²) < 4.78 is 0.596. The Balaban J connectivity index is 2.54. The van der Waals surface area contributed by atoms with Gasteiger partial charge in [0.2, 0.25) is 0 Å². The van der Waals surface area contributed by atoms with Crippen molar-refractivity contribution in [2.24, 2.45) is 0 Å². The van der Waals surface area contributed by atoms with Gasteiger partial charge in [-0.15, -0.1) is 0 Å². The maximum absolute atomic E-state index is 12.1. The van der Waals surface area contributed by atoms with Crippen LogP contribution in [0.25, 0.3) is 0 Å². The maximum Gasteiger partial charge on any atom is 0.253 e. The molecule has 5 heteroatoms. The number of hydrogen-bond acceptors (Lipinski definition) is 2. The molecule has 0 bridgehead atoms. The zero-order valence-corrected chi connectivity index (χ0v) is 13.5. The third-order valence-corrected chi connectivity index (χ3v) is 3.90. The molecule has 0 unspecified atom stereocenters. The Kier molecular flexibility index (Phi) is 6.71. The Morgan fingerprint density at radius 1 is 1.33 bits per heavy atom. The summed E-state index contributed by atoms with van der Waals surface area (Å²) in [7, 11) is 1.79. The fourth-order valence-corrected chi connectivity index (χ4v) is 2.23. The number of hydrogen-bond donors (Lipinski definition) is 1. The molecule has 0 spiro atoms. The second-order valence-electron chi connectivity index (χ2n) is 4.14. The molecule has 0 atom stereocenters.